The van der Waals surface area contributed by atoms with Crippen molar-refractivity contribution in [1.82, 2.24) is 16.0 Å². The zero-order valence-electron chi connectivity index (χ0n) is 14.7. The fraction of sp³-hybridized carbons (Fsp3) is 0.250. The van der Waals surface area contributed by atoms with E-state index in [1.807, 2.05) is 54.6 Å². The smallest absolute Gasteiger partial charge is 0.322 e. The molecular weight excluding hydrogens is 346 g/mol. The van der Waals surface area contributed by atoms with Crippen LogP contribution in [0.5, 0.6) is 5.75 Å². The minimum Gasteiger partial charge on any atom is -0.489 e. The van der Waals surface area contributed by atoms with Gasteiger partial charge in [0.25, 0.3) is 5.91 Å². The first kappa shape index (κ1) is 18.4. The molecule has 1 unspecified atom stereocenters. The molecule has 7 heteroatoms. The van der Waals surface area contributed by atoms with Crippen molar-refractivity contribution in [2.24, 2.45) is 0 Å². The molecule has 1 atom stereocenters. The summed E-state index contributed by atoms with van der Waals surface area (Å²) in [5, 5.41) is 7.25. The first-order valence-corrected chi connectivity index (χ1v) is 8.74. The zero-order valence-corrected chi connectivity index (χ0v) is 14.7. The van der Waals surface area contributed by atoms with Crippen LogP contribution in [0.2, 0.25) is 0 Å². The van der Waals surface area contributed by atoms with Crippen LogP contribution in [-0.4, -0.2) is 30.4 Å². The van der Waals surface area contributed by atoms with Crippen molar-refractivity contribution in [1.29, 1.82) is 0 Å². The van der Waals surface area contributed by atoms with Crippen molar-refractivity contribution in [2.75, 3.05) is 6.54 Å². The molecule has 140 valence electrons. The Kier molecular flexibility index (Phi) is 6.04. The molecule has 1 aliphatic rings. The third-order valence-corrected chi connectivity index (χ3v) is 4.16. The van der Waals surface area contributed by atoms with Gasteiger partial charge >= 0.3 is 6.03 Å². The van der Waals surface area contributed by atoms with Crippen LogP contribution in [0, 0.1) is 0 Å². The van der Waals surface area contributed by atoms with E-state index in [9.17, 15) is 14.4 Å². The van der Waals surface area contributed by atoms with Gasteiger partial charge in [0.2, 0.25) is 5.91 Å². The number of carbonyl (C=O) groups excluding carboxylic acids is 3. The highest BCUT2D eigenvalue weighted by molar-refractivity contribution is 6.05. The van der Waals surface area contributed by atoms with E-state index in [0.717, 1.165) is 16.9 Å². The van der Waals surface area contributed by atoms with Crippen LogP contribution in [0.4, 0.5) is 4.79 Å². The normalized spacial score (nSPS) is 15.8. The number of carbonyl (C=O) groups is 3. The third-order valence-electron chi connectivity index (χ3n) is 4.16. The molecule has 0 radical (unpaired) electrons. The summed E-state index contributed by atoms with van der Waals surface area (Å²) in [4.78, 5) is 34.3. The number of nitrogens with one attached hydrogen (secondary N) is 3. The van der Waals surface area contributed by atoms with Gasteiger partial charge in [0.1, 0.15) is 18.4 Å². The molecule has 1 fully saturated rings. The Balaban J connectivity index is 1.38. The van der Waals surface area contributed by atoms with Crippen LogP contribution >= 0.6 is 0 Å². The van der Waals surface area contributed by atoms with Crippen LogP contribution in [0.3, 0.4) is 0 Å². The molecule has 2 aromatic rings. The van der Waals surface area contributed by atoms with Gasteiger partial charge in [0, 0.05) is 6.54 Å². The van der Waals surface area contributed by atoms with E-state index in [1.54, 1.807) is 0 Å². The van der Waals surface area contributed by atoms with Gasteiger partial charge in [0.15, 0.2) is 0 Å². The molecule has 3 N–H and O–H groups in total. The molecule has 0 aliphatic carbocycles. The second-order valence-electron chi connectivity index (χ2n) is 6.24. The van der Waals surface area contributed by atoms with E-state index in [-0.39, 0.29) is 12.3 Å². The summed E-state index contributed by atoms with van der Waals surface area (Å²) in [7, 11) is 0. The van der Waals surface area contributed by atoms with Crippen LogP contribution in [-0.2, 0) is 22.6 Å². The molecule has 7 nitrogen and oxygen atoms in total. The Labute approximate surface area is 157 Å². The minimum absolute atomic E-state index is 0.0656. The maximum absolute atomic E-state index is 11.9. The third kappa shape index (κ3) is 5.57. The van der Waals surface area contributed by atoms with Gasteiger partial charge in [-0.2, -0.15) is 0 Å². The number of amides is 4. The predicted molar refractivity (Wildman–Crippen MR) is 99.0 cm³/mol. The van der Waals surface area contributed by atoms with Gasteiger partial charge in [-0.1, -0.05) is 42.5 Å². The summed E-state index contributed by atoms with van der Waals surface area (Å²) in [6.45, 7) is 0.965. The van der Waals surface area contributed by atoms with Crippen molar-refractivity contribution in [3.05, 3.63) is 65.7 Å². The van der Waals surface area contributed by atoms with E-state index in [0.29, 0.717) is 19.6 Å². The Morgan fingerprint density at radius 1 is 1.00 bits per heavy atom. The van der Waals surface area contributed by atoms with Gasteiger partial charge in [-0.05, 0) is 29.7 Å². The summed E-state index contributed by atoms with van der Waals surface area (Å²) in [5.41, 5.74) is 2.17. The van der Waals surface area contributed by atoms with E-state index in [2.05, 4.69) is 16.0 Å². The fourth-order valence-electron chi connectivity index (χ4n) is 2.70. The Hall–Kier alpha value is -3.35. The van der Waals surface area contributed by atoms with Crippen molar-refractivity contribution in [3.8, 4) is 5.75 Å². The van der Waals surface area contributed by atoms with Crippen molar-refractivity contribution in [3.63, 3.8) is 0 Å². The quantitative estimate of drug-likeness (QED) is 0.617. The lowest BCUT2D eigenvalue weighted by Crippen LogP contribution is -2.36. The summed E-state index contributed by atoms with van der Waals surface area (Å²) >= 11 is 0. The molecule has 4 amide bonds. The number of imide groups is 1. The molecule has 0 bridgehead atoms. The Bertz CT molecular complexity index is 806. The second kappa shape index (κ2) is 8.84. The summed E-state index contributed by atoms with van der Waals surface area (Å²) in [6, 6.07) is 16.3. The van der Waals surface area contributed by atoms with Gasteiger partial charge in [-0.15, -0.1) is 0 Å². The number of hydrogen-bond acceptors (Lipinski definition) is 4. The lowest BCUT2D eigenvalue weighted by Gasteiger charge is -2.09. The molecule has 2 aromatic carbocycles. The molecule has 0 spiro atoms. The van der Waals surface area contributed by atoms with Gasteiger partial charge in [-0.3, -0.25) is 14.9 Å². The first-order valence-electron chi connectivity index (χ1n) is 8.74. The van der Waals surface area contributed by atoms with E-state index < -0.39 is 18.0 Å². The monoisotopic (exact) mass is 367 g/mol. The van der Waals surface area contributed by atoms with Crippen LogP contribution in [0.1, 0.15) is 17.5 Å². The van der Waals surface area contributed by atoms with Gasteiger partial charge < -0.3 is 15.4 Å². The maximum Gasteiger partial charge on any atom is 0.322 e. The summed E-state index contributed by atoms with van der Waals surface area (Å²) in [5.74, 6) is 0.0380. The molecule has 27 heavy (non-hydrogen) atoms. The minimum atomic E-state index is -0.793. The molecule has 1 saturated heterocycles. The van der Waals surface area contributed by atoms with E-state index in [4.69, 9.17) is 4.74 Å². The molecular formula is C20H21N3O4. The molecule has 0 saturated carbocycles. The van der Waals surface area contributed by atoms with Gasteiger partial charge in [0.05, 0.1) is 6.42 Å². The lowest BCUT2D eigenvalue weighted by molar-refractivity contribution is -0.126. The number of hydrogen-bond donors (Lipinski definition) is 3. The highest BCUT2D eigenvalue weighted by Gasteiger charge is 2.30. The van der Waals surface area contributed by atoms with Crippen LogP contribution in [0.25, 0.3) is 0 Å². The average Bonchev–Trinajstić information content (AvgIpc) is 2.99. The largest absolute Gasteiger partial charge is 0.489 e. The molecule has 3 rings (SSSR count). The van der Waals surface area contributed by atoms with Crippen LogP contribution < -0.4 is 20.7 Å². The highest BCUT2D eigenvalue weighted by atomic mass is 16.5. The predicted octanol–water partition coefficient (Wildman–Crippen LogP) is 1.52. The summed E-state index contributed by atoms with van der Waals surface area (Å²) in [6.07, 6.45) is 0.595. The topological polar surface area (TPSA) is 96.5 Å². The lowest BCUT2D eigenvalue weighted by atomic mass is 10.1. The van der Waals surface area contributed by atoms with Crippen LogP contribution in [0.15, 0.2) is 54.6 Å². The number of rotatable bonds is 8. The fourth-order valence-corrected chi connectivity index (χ4v) is 2.70. The standard InChI is InChI=1S/C20H21N3O4/c24-18(12-17-19(25)23-20(26)22-17)21-11-10-14-6-8-16(9-7-14)27-13-15-4-2-1-3-5-15/h1-9,17H,10-13H2,(H,21,24)(H2,22,23,25,26). The van der Waals surface area contributed by atoms with Crippen molar-refractivity contribution in [2.45, 2.75) is 25.5 Å². The van der Waals surface area contributed by atoms with Crippen molar-refractivity contribution < 1.29 is 19.1 Å². The second-order valence-corrected chi connectivity index (χ2v) is 6.24. The zero-order chi connectivity index (χ0) is 19.1. The SMILES string of the molecule is O=C(CC1NC(=O)NC1=O)NCCc1ccc(OCc2ccccc2)cc1. The van der Waals surface area contributed by atoms with Gasteiger partial charge in [-0.25, -0.2) is 4.79 Å². The average molecular weight is 367 g/mol. The molecule has 1 heterocycles. The Morgan fingerprint density at radius 2 is 1.74 bits per heavy atom. The first-order chi connectivity index (χ1) is 13.1. The molecule has 1 aliphatic heterocycles. The van der Waals surface area contributed by atoms with E-state index in [1.165, 1.54) is 0 Å². The number of ether oxygens (including phenoxy) is 1. The summed E-state index contributed by atoms with van der Waals surface area (Å²) < 4.78 is 5.74. The molecule has 0 aromatic heterocycles. The highest BCUT2D eigenvalue weighted by Crippen LogP contribution is 2.14. The Morgan fingerprint density at radius 3 is 2.41 bits per heavy atom. The number of benzene rings is 2. The van der Waals surface area contributed by atoms with Crippen molar-refractivity contribution >= 4 is 17.8 Å². The maximum atomic E-state index is 11.9. The number of urea groups is 1. The van der Waals surface area contributed by atoms with E-state index >= 15 is 0 Å².